The van der Waals surface area contributed by atoms with E-state index in [4.69, 9.17) is 13.9 Å². The van der Waals surface area contributed by atoms with Crippen LogP contribution >= 0.6 is 0 Å². The molecular weight excluding hydrogens is 563 g/mol. The van der Waals surface area contributed by atoms with Crippen molar-refractivity contribution >= 4 is 28.7 Å². The Morgan fingerprint density at radius 3 is 2.19 bits per heavy atom. The molecule has 2 saturated heterocycles. The molecule has 5 rings (SSSR count). The van der Waals surface area contributed by atoms with Gasteiger partial charge in [-0.05, 0) is 76.9 Å². The number of anilines is 1. The number of nitrogens with zero attached hydrogens (tertiary/aromatic N) is 2. The average molecular weight is 602 g/mol. The van der Waals surface area contributed by atoms with Gasteiger partial charge in [0, 0.05) is 67.8 Å². The molecule has 1 N–H and O–H groups in total. The highest BCUT2D eigenvalue weighted by Gasteiger charge is 2.31. The molecule has 11 heteroatoms. The lowest BCUT2D eigenvalue weighted by molar-refractivity contribution is -0.137. The van der Waals surface area contributed by atoms with E-state index in [0.717, 1.165) is 41.6 Å². The number of piperidine rings is 2. The van der Waals surface area contributed by atoms with Crippen molar-refractivity contribution in [3.63, 3.8) is 0 Å². The van der Waals surface area contributed by atoms with E-state index in [2.05, 4.69) is 10.2 Å². The van der Waals surface area contributed by atoms with Crippen LogP contribution in [-0.2, 0) is 10.9 Å². The summed E-state index contributed by atoms with van der Waals surface area (Å²) in [5, 5.41) is 3.88. The number of carbonyl (C=O) groups is 2. The van der Waals surface area contributed by atoms with Crippen LogP contribution < -0.4 is 15.0 Å². The molecule has 0 aliphatic carbocycles. The van der Waals surface area contributed by atoms with Crippen molar-refractivity contribution in [2.75, 3.05) is 31.1 Å². The Morgan fingerprint density at radius 2 is 1.58 bits per heavy atom. The molecule has 8 nitrogen and oxygen atoms in total. The number of rotatable bonds is 5. The van der Waals surface area contributed by atoms with Crippen LogP contribution in [0, 0.1) is 6.92 Å². The molecule has 0 radical (unpaired) electrons. The van der Waals surface area contributed by atoms with Crippen molar-refractivity contribution in [1.29, 1.82) is 0 Å². The molecular formula is C32H38F3N3O5. The number of nitrogens with one attached hydrogen (secondary N) is 1. The molecule has 1 aromatic heterocycles. The van der Waals surface area contributed by atoms with E-state index in [9.17, 15) is 22.8 Å². The molecule has 0 unspecified atom stereocenters. The third-order valence-corrected chi connectivity index (χ3v) is 7.90. The second-order valence-corrected chi connectivity index (χ2v) is 12.3. The molecule has 232 valence electrons. The summed E-state index contributed by atoms with van der Waals surface area (Å²) >= 11 is 0. The number of hydrogen-bond acceptors (Lipinski definition) is 6. The lowest BCUT2D eigenvalue weighted by Crippen LogP contribution is -2.47. The number of hydrogen-bond donors (Lipinski definition) is 1. The molecule has 0 spiro atoms. The molecule has 2 amide bonds. The smallest absolute Gasteiger partial charge is 0.416 e. The van der Waals surface area contributed by atoms with Gasteiger partial charge in [0.05, 0.1) is 5.56 Å². The lowest BCUT2D eigenvalue weighted by atomic mass is 10.0. The molecule has 3 aromatic rings. The Kier molecular flexibility index (Phi) is 8.54. The quantitative estimate of drug-likeness (QED) is 0.341. The van der Waals surface area contributed by atoms with Crippen LogP contribution in [0.1, 0.15) is 68.1 Å². The van der Waals surface area contributed by atoms with Crippen LogP contribution in [0.2, 0.25) is 0 Å². The number of benzene rings is 2. The molecule has 0 atom stereocenters. The highest BCUT2D eigenvalue weighted by molar-refractivity contribution is 5.99. The number of furan rings is 1. The van der Waals surface area contributed by atoms with Gasteiger partial charge in [-0.1, -0.05) is 0 Å². The van der Waals surface area contributed by atoms with Gasteiger partial charge in [-0.3, -0.25) is 4.79 Å². The maximum atomic E-state index is 13.1. The van der Waals surface area contributed by atoms with E-state index in [1.54, 1.807) is 11.0 Å². The van der Waals surface area contributed by atoms with Crippen LogP contribution in [0.4, 0.5) is 23.7 Å². The highest BCUT2D eigenvalue weighted by atomic mass is 19.4. The SMILES string of the molecule is Cc1c(C(=O)NC2CCN(C(=O)OC(C)(C)C)CC2)oc2cc(OC3CCN(c4ccc(C(F)(F)F)cc4)CC3)ccc12. The zero-order valence-electron chi connectivity index (χ0n) is 24.9. The van der Waals surface area contributed by atoms with E-state index in [0.29, 0.717) is 50.4 Å². The summed E-state index contributed by atoms with van der Waals surface area (Å²) in [7, 11) is 0. The predicted molar refractivity (Wildman–Crippen MR) is 157 cm³/mol. The van der Waals surface area contributed by atoms with Crippen molar-refractivity contribution in [3.05, 3.63) is 59.4 Å². The minimum Gasteiger partial charge on any atom is -0.490 e. The second kappa shape index (κ2) is 12.0. The summed E-state index contributed by atoms with van der Waals surface area (Å²) in [5.41, 5.74) is 0.858. The summed E-state index contributed by atoms with van der Waals surface area (Å²) < 4.78 is 56.3. The fourth-order valence-corrected chi connectivity index (χ4v) is 5.57. The Balaban J connectivity index is 1.14. The summed E-state index contributed by atoms with van der Waals surface area (Å²) in [6.07, 6.45) is -2.05. The first-order chi connectivity index (χ1) is 20.3. The molecule has 2 aromatic carbocycles. The summed E-state index contributed by atoms with van der Waals surface area (Å²) in [6, 6.07) is 10.7. The van der Waals surface area contributed by atoms with Crippen LogP contribution in [-0.4, -0.2) is 60.8 Å². The molecule has 3 heterocycles. The van der Waals surface area contributed by atoms with Crippen molar-refractivity contribution in [3.8, 4) is 5.75 Å². The largest absolute Gasteiger partial charge is 0.490 e. The molecule has 2 fully saturated rings. The lowest BCUT2D eigenvalue weighted by Gasteiger charge is -2.33. The van der Waals surface area contributed by atoms with Gasteiger partial charge >= 0.3 is 12.3 Å². The Morgan fingerprint density at radius 1 is 0.930 bits per heavy atom. The van der Waals surface area contributed by atoms with Gasteiger partial charge in [-0.25, -0.2) is 4.79 Å². The monoisotopic (exact) mass is 601 g/mol. The number of aryl methyl sites for hydroxylation is 1. The maximum Gasteiger partial charge on any atom is 0.416 e. The predicted octanol–water partition coefficient (Wildman–Crippen LogP) is 6.94. The first-order valence-electron chi connectivity index (χ1n) is 14.7. The number of carbonyl (C=O) groups excluding carboxylic acids is 2. The zero-order valence-corrected chi connectivity index (χ0v) is 24.9. The number of amides is 2. The normalized spacial score (nSPS) is 17.3. The van der Waals surface area contributed by atoms with Crippen molar-refractivity contribution in [2.24, 2.45) is 0 Å². The minimum absolute atomic E-state index is 0.0477. The van der Waals surface area contributed by atoms with Crippen LogP contribution in [0.3, 0.4) is 0 Å². The van der Waals surface area contributed by atoms with E-state index in [1.165, 1.54) is 12.1 Å². The van der Waals surface area contributed by atoms with E-state index < -0.39 is 17.3 Å². The first kappa shape index (κ1) is 30.6. The van der Waals surface area contributed by atoms with Gasteiger partial charge in [0.1, 0.15) is 23.0 Å². The number of halogens is 3. The Labute approximate surface area is 249 Å². The molecule has 0 bridgehead atoms. The van der Waals surface area contributed by atoms with Crippen molar-refractivity contribution < 1.29 is 36.7 Å². The van der Waals surface area contributed by atoms with Crippen LogP contribution in [0.15, 0.2) is 46.9 Å². The molecule has 43 heavy (non-hydrogen) atoms. The fraction of sp³-hybridized carbons (Fsp3) is 0.500. The number of alkyl halides is 3. The molecule has 0 saturated carbocycles. The maximum absolute atomic E-state index is 13.1. The highest BCUT2D eigenvalue weighted by Crippen LogP contribution is 2.33. The number of likely N-dealkylation sites (tertiary alicyclic amines) is 1. The van der Waals surface area contributed by atoms with E-state index in [1.807, 2.05) is 39.8 Å². The first-order valence-corrected chi connectivity index (χ1v) is 14.7. The van der Waals surface area contributed by atoms with Crippen molar-refractivity contribution in [1.82, 2.24) is 10.2 Å². The summed E-state index contributed by atoms with van der Waals surface area (Å²) in [4.78, 5) is 29.2. The third kappa shape index (κ3) is 7.37. The van der Waals surface area contributed by atoms with E-state index in [-0.39, 0.29) is 29.9 Å². The van der Waals surface area contributed by atoms with Gasteiger partial charge in [0.25, 0.3) is 5.91 Å². The van der Waals surface area contributed by atoms with Gasteiger partial charge < -0.3 is 29.0 Å². The Bertz CT molecular complexity index is 1450. The Hall–Kier alpha value is -3.89. The summed E-state index contributed by atoms with van der Waals surface area (Å²) in [6.45, 7) is 9.69. The van der Waals surface area contributed by atoms with Gasteiger partial charge in [-0.15, -0.1) is 0 Å². The third-order valence-electron chi connectivity index (χ3n) is 7.90. The average Bonchev–Trinajstić information content (AvgIpc) is 3.28. The summed E-state index contributed by atoms with van der Waals surface area (Å²) in [5.74, 6) is 0.602. The standard InChI is InChI=1S/C32H38F3N3O5/c1-20-26-10-9-25(41-24-13-17-37(18-14-24)23-7-5-21(6-8-23)32(33,34)35)19-27(26)42-28(20)29(39)36-22-11-15-38(16-12-22)30(40)43-31(2,3)4/h5-10,19,22,24H,11-18H2,1-4H3,(H,36,39). The van der Waals surface area contributed by atoms with Crippen molar-refractivity contribution in [2.45, 2.75) is 77.3 Å². The van der Waals surface area contributed by atoms with E-state index >= 15 is 0 Å². The van der Waals surface area contributed by atoms with Gasteiger partial charge in [-0.2, -0.15) is 13.2 Å². The molecule has 2 aliphatic rings. The van der Waals surface area contributed by atoms with Gasteiger partial charge in [0.2, 0.25) is 0 Å². The number of ether oxygens (including phenoxy) is 2. The number of fused-ring (bicyclic) bond motifs is 1. The second-order valence-electron chi connectivity index (χ2n) is 12.3. The van der Waals surface area contributed by atoms with Crippen LogP contribution in [0.5, 0.6) is 5.75 Å². The zero-order chi connectivity index (χ0) is 30.9. The topological polar surface area (TPSA) is 84.2 Å². The molecule has 2 aliphatic heterocycles. The van der Waals surface area contributed by atoms with Gasteiger partial charge in [0.15, 0.2) is 5.76 Å². The minimum atomic E-state index is -4.35. The fourth-order valence-electron chi connectivity index (χ4n) is 5.57. The van der Waals surface area contributed by atoms with Crippen LogP contribution in [0.25, 0.3) is 11.0 Å².